The Labute approximate surface area is 194 Å². The Kier molecular flexibility index (Phi) is 5.82. The summed E-state index contributed by atoms with van der Waals surface area (Å²) in [5.41, 5.74) is 5.01. The quantitative estimate of drug-likeness (QED) is 0.385. The lowest BCUT2D eigenvalue weighted by Gasteiger charge is -2.09. The van der Waals surface area contributed by atoms with E-state index in [4.69, 9.17) is 4.74 Å². The standard InChI is InChI=1S/C25H21N5O2S/c1-17-29-20(15-33-17)14-32-22-6-2-5-21(11-22)30-16-28-23-10-19(7-8-24(23)30)25(31)27-13-18-4-3-9-26-12-18/h2-12,15-16H,13-14H2,1H3,(H,27,31). The highest BCUT2D eigenvalue weighted by Gasteiger charge is 2.11. The fourth-order valence-corrected chi connectivity index (χ4v) is 4.10. The Hall–Kier alpha value is -4.04. The maximum Gasteiger partial charge on any atom is 0.251 e. The van der Waals surface area contributed by atoms with Gasteiger partial charge in [0.15, 0.2) is 0 Å². The van der Waals surface area contributed by atoms with Crippen molar-refractivity contribution < 1.29 is 9.53 Å². The van der Waals surface area contributed by atoms with Gasteiger partial charge in [-0.3, -0.25) is 14.3 Å². The predicted octanol–water partition coefficient (Wildman–Crippen LogP) is 4.69. The molecule has 8 heteroatoms. The molecule has 0 radical (unpaired) electrons. The lowest BCUT2D eigenvalue weighted by molar-refractivity contribution is 0.0951. The van der Waals surface area contributed by atoms with Crippen LogP contribution >= 0.6 is 11.3 Å². The van der Waals surface area contributed by atoms with E-state index in [0.29, 0.717) is 18.7 Å². The number of nitrogens with one attached hydrogen (secondary N) is 1. The van der Waals surface area contributed by atoms with Gasteiger partial charge in [-0.05, 0) is 48.9 Å². The van der Waals surface area contributed by atoms with Crippen LogP contribution in [-0.4, -0.2) is 25.4 Å². The van der Waals surface area contributed by atoms with Gasteiger partial charge in [-0.2, -0.15) is 0 Å². The van der Waals surface area contributed by atoms with Gasteiger partial charge < -0.3 is 10.1 Å². The topological polar surface area (TPSA) is 81.9 Å². The van der Waals surface area contributed by atoms with Crippen LogP contribution in [0.2, 0.25) is 0 Å². The Morgan fingerprint density at radius 1 is 1.15 bits per heavy atom. The summed E-state index contributed by atoms with van der Waals surface area (Å²) in [5.74, 6) is 0.606. The number of carbonyl (C=O) groups excluding carboxylic acids is 1. The molecule has 0 aliphatic rings. The summed E-state index contributed by atoms with van der Waals surface area (Å²) in [5, 5.41) is 5.95. The molecule has 3 heterocycles. The number of pyridine rings is 1. The average molecular weight is 456 g/mol. The molecule has 2 aromatic carbocycles. The molecule has 0 saturated carbocycles. The Bertz CT molecular complexity index is 1410. The first-order valence-corrected chi connectivity index (χ1v) is 11.3. The number of hydrogen-bond donors (Lipinski definition) is 1. The van der Waals surface area contributed by atoms with Crippen molar-refractivity contribution in [2.45, 2.75) is 20.1 Å². The zero-order chi connectivity index (χ0) is 22.6. The van der Waals surface area contributed by atoms with Gasteiger partial charge in [0.1, 0.15) is 18.7 Å². The van der Waals surface area contributed by atoms with Gasteiger partial charge in [-0.15, -0.1) is 11.3 Å². The lowest BCUT2D eigenvalue weighted by atomic mass is 10.1. The average Bonchev–Trinajstić information content (AvgIpc) is 3.47. The number of amides is 1. The second-order valence-electron chi connectivity index (χ2n) is 7.51. The maximum atomic E-state index is 12.6. The number of rotatable bonds is 7. The van der Waals surface area contributed by atoms with Crippen LogP contribution in [0.25, 0.3) is 16.7 Å². The number of ether oxygens (including phenoxy) is 1. The van der Waals surface area contributed by atoms with Gasteiger partial charge in [-0.1, -0.05) is 12.1 Å². The van der Waals surface area contributed by atoms with Crippen LogP contribution in [0.1, 0.15) is 26.6 Å². The van der Waals surface area contributed by atoms with Crippen LogP contribution < -0.4 is 10.1 Å². The second-order valence-corrected chi connectivity index (χ2v) is 8.57. The van der Waals surface area contributed by atoms with E-state index in [1.165, 1.54) is 0 Å². The molecule has 33 heavy (non-hydrogen) atoms. The first-order valence-electron chi connectivity index (χ1n) is 10.4. The molecule has 5 aromatic rings. The van der Waals surface area contributed by atoms with E-state index in [1.807, 2.05) is 65.4 Å². The molecular formula is C25H21N5O2S. The third-order valence-corrected chi connectivity index (χ3v) is 5.96. The van der Waals surface area contributed by atoms with Crippen molar-refractivity contribution in [3.8, 4) is 11.4 Å². The molecule has 0 bridgehead atoms. The van der Waals surface area contributed by atoms with Crippen molar-refractivity contribution in [2.24, 2.45) is 0 Å². The van der Waals surface area contributed by atoms with E-state index in [0.717, 1.165) is 38.7 Å². The van der Waals surface area contributed by atoms with Crippen molar-refractivity contribution in [1.82, 2.24) is 24.8 Å². The van der Waals surface area contributed by atoms with Gasteiger partial charge in [0.25, 0.3) is 5.91 Å². The first kappa shape index (κ1) is 20.8. The third-order valence-electron chi connectivity index (χ3n) is 5.13. The number of fused-ring (bicyclic) bond motifs is 1. The lowest BCUT2D eigenvalue weighted by Crippen LogP contribution is -2.22. The SMILES string of the molecule is Cc1nc(COc2cccc(-n3cnc4cc(C(=O)NCc5cccnc5)ccc43)c2)cs1. The number of imidazole rings is 1. The van der Waals surface area contributed by atoms with E-state index in [-0.39, 0.29) is 5.91 Å². The summed E-state index contributed by atoms with van der Waals surface area (Å²) >= 11 is 1.61. The number of carbonyl (C=O) groups is 1. The summed E-state index contributed by atoms with van der Waals surface area (Å²) in [6.07, 6.45) is 5.20. The molecule has 5 rings (SSSR count). The van der Waals surface area contributed by atoms with Crippen LogP contribution in [0.4, 0.5) is 0 Å². The van der Waals surface area contributed by atoms with E-state index in [2.05, 4.69) is 20.3 Å². The van der Waals surface area contributed by atoms with Crippen LogP contribution in [0.3, 0.4) is 0 Å². The van der Waals surface area contributed by atoms with Gasteiger partial charge in [0.05, 0.1) is 27.4 Å². The molecule has 0 saturated heterocycles. The summed E-state index contributed by atoms with van der Waals surface area (Å²) < 4.78 is 7.90. The molecule has 0 fully saturated rings. The monoisotopic (exact) mass is 455 g/mol. The molecule has 164 valence electrons. The summed E-state index contributed by atoms with van der Waals surface area (Å²) in [7, 11) is 0. The van der Waals surface area contributed by atoms with Crippen LogP contribution in [0.5, 0.6) is 5.75 Å². The first-order chi connectivity index (χ1) is 16.2. The van der Waals surface area contributed by atoms with Crippen molar-refractivity contribution >= 4 is 28.3 Å². The molecule has 0 spiro atoms. The van der Waals surface area contributed by atoms with Gasteiger partial charge in [0, 0.05) is 35.9 Å². The van der Waals surface area contributed by atoms with E-state index < -0.39 is 0 Å². The molecular weight excluding hydrogens is 434 g/mol. The minimum atomic E-state index is -0.150. The number of hydrogen-bond acceptors (Lipinski definition) is 6. The largest absolute Gasteiger partial charge is 0.487 e. The molecule has 3 aromatic heterocycles. The van der Waals surface area contributed by atoms with Crippen LogP contribution in [0.15, 0.2) is 78.7 Å². The Morgan fingerprint density at radius 2 is 2.09 bits per heavy atom. The minimum absolute atomic E-state index is 0.150. The van der Waals surface area contributed by atoms with Crippen molar-refractivity contribution in [3.63, 3.8) is 0 Å². The van der Waals surface area contributed by atoms with Gasteiger partial charge >= 0.3 is 0 Å². The van der Waals surface area contributed by atoms with E-state index in [9.17, 15) is 4.79 Å². The normalized spacial score (nSPS) is 10.9. The summed E-state index contributed by atoms with van der Waals surface area (Å²) in [6.45, 7) is 2.83. The number of aromatic nitrogens is 4. The highest BCUT2D eigenvalue weighted by atomic mass is 32.1. The molecule has 1 N–H and O–H groups in total. The number of benzene rings is 2. The maximum absolute atomic E-state index is 12.6. The van der Waals surface area contributed by atoms with Crippen LogP contribution in [0, 0.1) is 6.92 Å². The zero-order valence-electron chi connectivity index (χ0n) is 17.9. The fraction of sp³-hybridized carbons (Fsp3) is 0.120. The van der Waals surface area contributed by atoms with Crippen molar-refractivity contribution in [1.29, 1.82) is 0 Å². The number of nitrogens with zero attached hydrogens (tertiary/aromatic N) is 4. The molecule has 0 atom stereocenters. The molecule has 0 unspecified atom stereocenters. The summed E-state index contributed by atoms with van der Waals surface area (Å²) in [6, 6.07) is 17.1. The predicted molar refractivity (Wildman–Crippen MR) is 128 cm³/mol. The van der Waals surface area contributed by atoms with E-state index >= 15 is 0 Å². The van der Waals surface area contributed by atoms with Crippen LogP contribution in [-0.2, 0) is 13.2 Å². The van der Waals surface area contributed by atoms with Gasteiger partial charge in [-0.25, -0.2) is 9.97 Å². The second kappa shape index (κ2) is 9.22. The highest BCUT2D eigenvalue weighted by molar-refractivity contribution is 7.09. The van der Waals surface area contributed by atoms with Crippen molar-refractivity contribution in [3.05, 3.63) is 101 Å². The van der Waals surface area contributed by atoms with Gasteiger partial charge in [0.2, 0.25) is 0 Å². The molecule has 7 nitrogen and oxygen atoms in total. The highest BCUT2D eigenvalue weighted by Crippen LogP contribution is 2.23. The molecule has 1 amide bonds. The minimum Gasteiger partial charge on any atom is -0.487 e. The number of thiazole rings is 1. The van der Waals surface area contributed by atoms with E-state index in [1.54, 1.807) is 36.1 Å². The van der Waals surface area contributed by atoms with Crippen molar-refractivity contribution in [2.75, 3.05) is 0 Å². The zero-order valence-corrected chi connectivity index (χ0v) is 18.7. The third kappa shape index (κ3) is 4.75. The Morgan fingerprint density at radius 3 is 2.91 bits per heavy atom. The fourth-order valence-electron chi connectivity index (χ4n) is 3.50. The molecule has 0 aliphatic heterocycles. The smallest absolute Gasteiger partial charge is 0.251 e. The summed E-state index contributed by atoms with van der Waals surface area (Å²) in [4.78, 5) is 25.6. The Balaban J connectivity index is 1.31. The number of aryl methyl sites for hydroxylation is 1. The molecule has 0 aliphatic carbocycles.